The topological polar surface area (TPSA) is 50.7 Å². The van der Waals surface area contributed by atoms with Crippen molar-refractivity contribution in [1.29, 1.82) is 0 Å². The van der Waals surface area contributed by atoms with Crippen LogP contribution in [0.2, 0.25) is 0 Å². The molecule has 0 aliphatic heterocycles. The number of nitrogens with one attached hydrogen (secondary N) is 1. The first-order chi connectivity index (χ1) is 9.84. The number of aliphatic hydroxyl groups excluding tert-OH is 1. The zero-order valence-electron chi connectivity index (χ0n) is 11.9. The van der Waals surface area contributed by atoms with Crippen LogP contribution in [0.15, 0.2) is 17.5 Å². The summed E-state index contributed by atoms with van der Waals surface area (Å²) in [5.74, 6) is 0. The van der Waals surface area contributed by atoms with E-state index < -0.39 is 6.10 Å². The van der Waals surface area contributed by atoms with Gasteiger partial charge in [-0.3, -0.25) is 0 Å². The SMILES string of the molecule is OC(CNCCOC1CCCC1)COCc1cccs1. The zero-order valence-corrected chi connectivity index (χ0v) is 12.7. The van der Waals surface area contributed by atoms with Gasteiger partial charge in [0.1, 0.15) is 0 Å². The Hall–Kier alpha value is -0.460. The fourth-order valence-corrected chi connectivity index (χ4v) is 3.01. The second-order valence-corrected chi connectivity index (χ2v) is 6.26. The van der Waals surface area contributed by atoms with Crippen molar-refractivity contribution in [2.75, 3.05) is 26.3 Å². The molecule has 1 fully saturated rings. The van der Waals surface area contributed by atoms with Crippen molar-refractivity contribution in [3.8, 4) is 0 Å². The van der Waals surface area contributed by atoms with Crippen molar-refractivity contribution in [3.63, 3.8) is 0 Å². The minimum absolute atomic E-state index is 0.369. The molecule has 1 aromatic rings. The summed E-state index contributed by atoms with van der Waals surface area (Å²) in [6.45, 7) is 3.03. The molecule has 5 heteroatoms. The molecule has 0 bridgehead atoms. The second kappa shape index (κ2) is 9.47. The number of rotatable bonds is 10. The average Bonchev–Trinajstić information content (AvgIpc) is 3.11. The lowest BCUT2D eigenvalue weighted by atomic mass is 10.3. The van der Waals surface area contributed by atoms with Gasteiger partial charge in [-0.1, -0.05) is 18.9 Å². The molecule has 0 radical (unpaired) electrons. The van der Waals surface area contributed by atoms with Gasteiger partial charge in [0.2, 0.25) is 0 Å². The molecule has 114 valence electrons. The minimum atomic E-state index is -0.457. The highest BCUT2D eigenvalue weighted by Gasteiger charge is 2.14. The summed E-state index contributed by atoms with van der Waals surface area (Å²) >= 11 is 1.67. The van der Waals surface area contributed by atoms with Crippen LogP contribution < -0.4 is 5.32 Å². The highest BCUT2D eigenvalue weighted by Crippen LogP contribution is 2.20. The predicted molar refractivity (Wildman–Crippen MR) is 81.1 cm³/mol. The van der Waals surface area contributed by atoms with Crippen LogP contribution in [-0.2, 0) is 16.1 Å². The van der Waals surface area contributed by atoms with E-state index in [-0.39, 0.29) is 0 Å². The Bertz CT molecular complexity index is 339. The molecule has 20 heavy (non-hydrogen) atoms. The molecule has 4 nitrogen and oxygen atoms in total. The minimum Gasteiger partial charge on any atom is -0.389 e. The molecule has 1 atom stereocenters. The highest BCUT2D eigenvalue weighted by molar-refractivity contribution is 7.09. The van der Waals surface area contributed by atoms with E-state index in [2.05, 4.69) is 5.32 Å². The summed E-state index contributed by atoms with van der Waals surface area (Å²) in [4.78, 5) is 1.19. The van der Waals surface area contributed by atoms with Crippen LogP contribution in [0, 0.1) is 0 Å². The molecule has 2 N–H and O–H groups in total. The molecule has 2 rings (SSSR count). The van der Waals surface area contributed by atoms with Crippen LogP contribution in [0.1, 0.15) is 30.6 Å². The maximum Gasteiger partial charge on any atom is 0.0897 e. The lowest BCUT2D eigenvalue weighted by molar-refractivity contribution is 0.0262. The monoisotopic (exact) mass is 299 g/mol. The van der Waals surface area contributed by atoms with E-state index in [1.807, 2.05) is 17.5 Å². The molecule has 1 aliphatic rings. The van der Waals surface area contributed by atoms with Crippen LogP contribution in [0.25, 0.3) is 0 Å². The number of hydrogen-bond acceptors (Lipinski definition) is 5. The molecule has 1 unspecified atom stereocenters. The Labute approximate surface area is 125 Å². The van der Waals surface area contributed by atoms with Gasteiger partial charge in [-0.05, 0) is 24.3 Å². The molecule has 1 aromatic heterocycles. The lowest BCUT2D eigenvalue weighted by Gasteiger charge is -2.14. The molecule has 0 saturated heterocycles. The van der Waals surface area contributed by atoms with Crippen molar-refractivity contribution < 1.29 is 14.6 Å². The number of aliphatic hydroxyl groups is 1. The van der Waals surface area contributed by atoms with E-state index >= 15 is 0 Å². The van der Waals surface area contributed by atoms with Crippen molar-refractivity contribution in [1.82, 2.24) is 5.32 Å². The van der Waals surface area contributed by atoms with E-state index in [4.69, 9.17) is 9.47 Å². The Morgan fingerprint density at radius 1 is 1.40 bits per heavy atom. The third kappa shape index (κ3) is 6.33. The van der Waals surface area contributed by atoms with E-state index in [0.29, 0.717) is 25.9 Å². The van der Waals surface area contributed by atoms with E-state index in [1.165, 1.54) is 30.6 Å². The standard InChI is InChI=1S/C15H25NO3S/c17-13(11-18-12-15-6-3-9-20-15)10-16-7-8-19-14-4-1-2-5-14/h3,6,9,13-14,16-17H,1-2,4-5,7-8,10-12H2. The highest BCUT2D eigenvalue weighted by atomic mass is 32.1. The first-order valence-electron chi connectivity index (χ1n) is 7.45. The fourth-order valence-electron chi connectivity index (χ4n) is 2.37. The molecule has 0 spiro atoms. The number of ether oxygens (including phenoxy) is 2. The maximum absolute atomic E-state index is 9.76. The third-order valence-electron chi connectivity index (χ3n) is 3.45. The number of hydrogen-bond donors (Lipinski definition) is 2. The van der Waals surface area contributed by atoms with Gasteiger partial charge in [0.05, 0.1) is 32.0 Å². The van der Waals surface area contributed by atoms with Gasteiger partial charge >= 0.3 is 0 Å². The molecule has 1 saturated carbocycles. The molecule has 1 heterocycles. The van der Waals surface area contributed by atoms with Crippen molar-refractivity contribution in [3.05, 3.63) is 22.4 Å². The van der Waals surface area contributed by atoms with Gasteiger partial charge < -0.3 is 19.9 Å². The first-order valence-corrected chi connectivity index (χ1v) is 8.33. The van der Waals surface area contributed by atoms with E-state index in [0.717, 1.165) is 13.2 Å². The Morgan fingerprint density at radius 3 is 3.00 bits per heavy atom. The van der Waals surface area contributed by atoms with Gasteiger partial charge in [-0.15, -0.1) is 11.3 Å². The largest absolute Gasteiger partial charge is 0.389 e. The van der Waals surface area contributed by atoms with Crippen LogP contribution in [0.4, 0.5) is 0 Å². The average molecular weight is 299 g/mol. The van der Waals surface area contributed by atoms with Gasteiger partial charge in [0.25, 0.3) is 0 Å². The van der Waals surface area contributed by atoms with E-state index in [9.17, 15) is 5.11 Å². The molecular formula is C15H25NO3S. The van der Waals surface area contributed by atoms with E-state index in [1.54, 1.807) is 11.3 Å². The summed E-state index contributed by atoms with van der Waals surface area (Å²) in [5, 5.41) is 15.0. The summed E-state index contributed by atoms with van der Waals surface area (Å²) in [7, 11) is 0. The van der Waals surface area contributed by atoms with Gasteiger partial charge in [-0.25, -0.2) is 0 Å². The second-order valence-electron chi connectivity index (χ2n) is 5.23. The normalized spacial score (nSPS) is 17.6. The quantitative estimate of drug-likeness (QED) is 0.650. The Balaban J connectivity index is 1.40. The summed E-state index contributed by atoms with van der Waals surface area (Å²) < 4.78 is 11.2. The lowest BCUT2D eigenvalue weighted by Crippen LogP contribution is -2.32. The van der Waals surface area contributed by atoms with Crippen molar-refractivity contribution in [2.45, 2.75) is 44.5 Å². The smallest absolute Gasteiger partial charge is 0.0897 e. The van der Waals surface area contributed by atoms with Crippen LogP contribution in [0.3, 0.4) is 0 Å². The third-order valence-corrected chi connectivity index (χ3v) is 4.30. The predicted octanol–water partition coefficient (Wildman–Crippen LogP) is 2.17. The Kier molecular flexibility index (Phi) is 7.54. The summed E-state index contributed by atoms with van der Waals surface area (Å²) in [6, 6.07) is 4.04. The molecular weight excluding hydrogens is 274 g/mol. The Morgan fingerprint density at radius 2 is 2.25 bits per heavy atom. The van der Waals surface area contributed by atoms with Gasteiger partial charge in [0, 0.05) is 18.0 Å². The molecule has 1 aliphatic carbocycles. The first kappa shape index (κ1) is 15.9. The molecule has 0 amide bonds. The summed E-state index contributed by atoms with van der Waals surface area (Å²) in [6.07, 6.45) is 5.03. The summed E-state index contributed by atoms with van der Waals surface area (Å²) in [5.41, 5.74) is 0. The van der Waals surface area contributed by atoms with Gasteiger partial charge in [-0.2, -0.15) is 0 Å². The van der Waals surface area contributed by atoms with Crippen LogP contribution in [-0.4, -0.2) is 43.6 Å². The van der Waals surface area contributed by atoms with Crippen LogP contribution >= 0.6 is 11.3 Å². The molecule has 0 aromatic carbocycles. The maximum atomic E-state index is 9.76. The van der Waals surface area contributed by atoms with Gasteiger partial charge in [0.15, 0.2) is 0 Å². The van der Waals surface area contributed by atoms with Crippen molar-refractivity contribution >= 4 is 11.3 Å². The zero-order chi connectivity index (χ0) is 14.0. The van der Waals surface area contributed by atoms with Crippen molar-refractivity contribution in [2.24, 2.45) is 0 Å². The number of thiophene rings is 1. The fraction of sp³-hybridized carbons (Fsp3) is 0.733. The van der Waals surface area contributed by atoms with Crippen LogP contribution in [0.5, 0.6) is 0 Å².